The van der Waals surface area contributed by atoms with Gasteiger partial charge in [0.05, 0.1) is 27.4 Å². The van der Waals surface area contributed by atoms with Crippen molar-refractivity contribution in [2.75, 3.05) is 27.4 Å². The second kappa shape index (κ2) is 12.4. The van der Waals surface area contributed by atoms with Gasteiger partial charge in [0, 0.05) is 18.1 Å². The van der Waals surface area contributed by atoms with Gasteiger partial charge in [-0.15, -0.1) is 0 Å². The fourth-order valence-corrected chi connectivity index (χ4v) is 2.93. The molecule has 0 aromatic heterocycles. The van der Waals surface area contributed by atoms with Crippen LogP contribution >= 0.6 is 0 Å². The Morgan fingerprint density at radius 2 is 1.67 bits per heavy atom. The number of hydrogen-bond donors (Lipinski definition) is 0. The lowest BCUT2D eigenvalue weighted by molar-refractivity contribution is -0.140. The van der Waals surface area contributed by atoms with Gasteiger partial charge in [-0.25, -0.2) is 0 Å². The maximum Gasteiger partial charge on any atom is 0.305 e. The SMILES string of the molecule is CCOc1cc(C=Cc2cccc(C=CCCC(=O)OC)c2)c(OC)c(OCC)c1. The van der Waals surface area contributed by atoms with Crippen LogP contribution in [0.5, 0.6) is 17.2 Å². The highest BCUT2D eigenvalue weighted by molar-refractivity contribution is 5.76. The second-order valence-corrected chi connectivity index (χ2v) is 6.43. The van der Waals surface area contributed by atoms with E-state index in [0.29, 0.717) is 37.6 Å². The Morgan fingerprint density at radius 3 is 2.33 bits per heavy atom. The molecule has 5 heteroatoms. The molecule has 0 radical (unpaired) electrons. The van der Waals surface area contributed by atoms with E-state index in [-0.39, 0.29) is 5.97 Å². The molecule has 0 heterocycles. The minimum atomic E-state index is -0.203. The van der Waals surface area contributed by atoms with Crippen molar-refractivity contribution in [2.24, 2.45) is 0 Å². The standard InChI is InChI=1S/C25H30O5/c1-5-29-22-17-21(25(28-4)23(18-22)30-6-2)15-14-20-12-9-11-19(16-20)10-7-8-13-24(26)27-3/h7,9-12,14-18H,5-6,8,13H2,1-4H3. The second-order valence-electron chi connectivity index (χ2n) is 6.43. The van der Waals surface area contributed by atoms with Gasteiger partial charge in [0.1, 0.15) is 5.75 Å². The van der Waals surface area contributed by atoms with Gasteiger partial charge in [0.15, 0.2) is 11.5 Å². The molecule has 0 aliphatic heterocycles. The van der Waals surface area contributed by atoms with E-state index in [1.54, 1.807) is 7.11 Å². The average Bonchev–Trinajstić information content (AvgIpc) is 2.76. The molecule has 2 aromatic rings. The minimum Gasteiger partial charge on any atom is -0.494 e. The van der Waals surface area contributed by atoms with Crippen LogP contribution in [0.2, 0.25) is 0 Å². The monoisotopic (exact) mass is 410 g/mol. The third-order valence-corrected chi connectivity index (χ3v) is 4.29. The maximum atomic E-state index is 11.2. The van der Waals surface area contributed by atoms with E-state index in [4.69, 9.17) is 14.2 Å². The summed E-state index contributed by atoms with van der Waals surface area (Å²) in [7, 11) is 3.04. The van der Waals surface area contributed by atoms with Crippen molar-refractivity contribution in [1.29, 1.82) is 0 Å². The minimum absolute atomic E-state index is 0.203. The molecule has 5 nitrogen and oxygen atoms in total. The summed E-state index contributed by atoms with van der Waals surface area (Å²) in [6, 6.07) is 11.9. The lowest BCUT2D eigenvalue weighted by atomic mass is 10.1. The first-order valence-corrected chi connectivity index (χ1v) is 10.1. The van der Waals surface area contributed by atoms with Crippen LogP contribution in [0.15, 0.2) is 42.5 Å². The van der Waals surface area contributed by atoms with Gasteiger partial charge in [-0.2, -0.15) is 0 Å². The van der Waals surface area contributed by atoms with Crippen molar-refractivity contribution in [3.63, 3.8) is 0 Å². The van der Waals surface area contributed by atoms with Crippen molar-refractivity contribution in [1.82, 2.24) is 0 Å². The Kier molecular flexibility index (Phi) is 9.52. The molecule has 0 aliphatic rings. The van der Waals surface area contributed by atoms with Gasteiger partial charge in [-0.1, -0.05) is 42.5 Å². The Labute approximate surface area is 178 Å². The summed E-state index contributed by atoms with van der Waals surface area (Å²) in [6.45, 7) is 5.00. The molecule has 2 rings (SSSR count). The summed E-state index contributed by atoms with van der Waals surface area (Å²) in [6.07, 6.45) is 9.02. The number of allylic oxidation sites excluding steroid dienone is 1. The zero-order chi connectivity index (χ0) is 21.8. The van der Waals surface area contributed by atoms with Gasteiger partial charge in [0.2, 0.25) is 0 Å². The molecular formula is C25H30O5. The number of benzene rings is 2. The van der Waals surface area contributed by atoms with Crippen LogP contribution in [0, 0.1) is 0 Å². The van der Waals surface area contributed by atoms with E-state index < -0.39 is 0 Å². The first-order chi connectivity index (χ1) is 14.6. The van der Waals surface area contributed by atoms with Crippen molar-refractivity contribution in [2.45, 2.75) is 26.7 Å². The highest BCUT2D eigenvalue weighted by Gasteiger charge is 2.12. The fraction of sp³-hybridized carbons (Fsp3) is 0.320. The molecule has 30 heavy (non-hydrogen) atoms. The summed E-state index contributed by atoms with van der Waals surface area (Å²) in [5, 5.41) is 0. The topological polar surface area (TPSA) is 54.0 Å². The number of ether oxygens (including phenoxy) is 4. The van der Waals surface area contributed by atoms with Crippen LogP contribution in [0.25, 0.3) is 18.2 Å². The average molecular weight is 411 g/mol. The first-order valence-electron chi connectivity index (χ1n) is 10.1. The zero-order valence-electron chi connectivity index (χ0n) is 18.1. The lowest BCUT2D eigenvalue weighted by Crippen LogP contribution is -1.99. The van der Waals surface area contributed by atoms with Crippen LogP contribution < -0.4 is 14.2 Å². The van der Waals surface area contributed by atoms with E-state index in [1.807, 2.05) is 68.5 Å². The lowest BCUT2D eigenvalue weighted by Gasteiger charge is -2.14. The summed E-state index contributed by atoms with van der Waals surface area (Å²) >= 11 is 0. The van der Waals surface area contributed by atoms with Gasteiger partial charge in [0.25, 0.3) is 0 Å². The summed E-state index contributed by atoms with van der Waals surface area (Å²) < 4.78 is 21.6. The van der Waals surface area contributed by atoms with Crippen LogP contribution in [0.3, 0.4) is 0 Å². The Balaban J connectivity index is 2.22. The van der Waals surface area contributed by atoms with Crippen LogP contribution in [-0.2, 0) is 9.53 Å². The molecule has 0 atom stereocenters. The highest BCUT2D eigenvalue weighted by atomic mass is 16.5. The first kappa shape index (κ1) is 23.1. The van der Waals surface area contributed by atoms with Crippen LogP contribution in [0.1, 0.15) is 43.4 Å². The number of hydrogen-bond acceptors (Lipinski definition) is 5. The number of esters is 1. The predicted molar refractivity (Wildman–Crippen MR) is 121 cm³/mol. The van der Waals surface area contributed by atoms with E-state index >= 15 is 0 Å². The highest BCUT2D eigenvalue weighted by Crippen LogP contribution is 2.37. The van der Waals surface area contributed by atoms with Crippen molar-refractivity contribution >= 4 is 24.2 Å². The molecule has 0 amide bonds. The number of carbonyl (C=O) groups is 1. The van der Waals surface area contributed by atoms with E-state index in [1.165, 1.54) is 7.11 Å². The molecule has 0 saturated carbocycles. The van der Waals surface area contributed by atoms with E-state index in [0.717, 1.165) is 22.4 Å². The van der Waals surface area contributed by atoms with Gasteiger partial charge in [-0.3, -0.25) is 4.79 Å². The summed E-state index contributed by atoms with van der Waals surface area (Å²) in [5.41, 5.74) is 2.99. The normalized spacial score (nSPS) is 11.1. The molecule has 0 N–H and O–H groups in total. The largest absolute Gasteiger partial charge is 0.494 e. The Bertz CT molecular complexity index is 883. The van der Waals surface area contributed by atoms with Crippen molar-refractivity contribution in [3.8, 4) is 17.2 Å². The number of methoxy groups -OCH3 is 2. The van der Waals surface area contributed by atoms with Gasteiger partial charge >= 0.3 is 5.97 Å². The maximum absolute atomic E-state index is 11.2. The molecule has 160 valence electrons. The van der Waals surface area contributed by atoms with Crippen molar-refractivity contribution in [3.05, 3.63) is 59.2 Å². The third kappa shape index (κ3) is 6.99. The van der Waals surface area contributed by atoms with E-state index in [2.05, 4.69) is 10.8 Å². The molecule has 0 fully saturated rings. The van der Waals surface area contributed by atoms with Gasteiger partial charge in [-0.05, 0) is 43.5 Å². The van der Waals surface area contributed by atoms with E-state index in [9.17, 15) is 4.79 Å². The molecule has 0 bridgehead atoms. The smallest absolute Gasteiger partial charge is 0.305 e. The molecule has 0 aliphatic carbocycles. The predicted octanol–water partition coefficient (Wildman–Crippen LogP) is 5.63. The Morgan fingerprint density at radius 1 is 0.933 bits per heavy atom. The summed E-state index contributed by atoms with van der Waals surface area (Å²) in [5.74, 6) is 1.87. The molecule has 0 spiro atoms. The molecule has 0 unspecified atom stereocenters. The number of rotatable bonds is 11. The Hall–Kier alpha value is -3.21. The molecule has 2 aromatic carbocycles. The molecule has 0 saturated heterocycles. The number of carbonyl (C=O) groups excluding carboxylic acids is 1. The van der Waals surface area contributed by atoms with Crippen LogP contribution in [-0.4, -0.2) is 33.4 Å². The summed E-state index contributed by atoms with van der Waals surface area (Å²) in [4.78, 5) is 11.2. The third-order valence-electron chi connectivity index (χ3n) is 4.29. The zero-order valence-corrected chi connectivity index (χ0v) is 18.1. The van der Waals surface area contributed by atoms with Crippen LogP contribution in [0.4, 0.5) is 0 Å². The van der Waals surface area contributed by atoms with Crippen molar-refractivity contribution < 1.29 is 23.7 Å². The molecular weight excluding hydrogens is 380 g/mol. The van der Waals surface area contributed by atoms with Gasteiger partial charge < -0.3 is 18.9 Å². The quantitative estimate of drug-likeness (QED) is 0.355. The fourth-order valence-electron chi connectivity index (χ4n) is 2.93.